The zero-order valence-corrected chi connectivity index (χ0v) is 12.2. The van der Waals surface area contributed by atoms with Gasteiger partial charge in [-0.2, -0.15) is 0 Å². The fourth-order valence-electron chi connectivity index (χ4n) is 2.76. The number of nitrogens with zero attached hydrogens (tertiary/aromatic N) is 1. The first-order valence-electron chi connectivity index (χ1n) is 7.40. The number of hydrogen-bond donors (Lipinski definition) is 1. The van der Waals surface area contributed by atoms with Gasteiger partial charge in [0, 0.05) is 12.6 Å². The first-order chi connectivity index (χ1) is 9.31. The summed E-state index contributed by atoms with van der Waals surface area (Å²) < 4.78 is 5.27. The molecule has 106 valence electrons. The zero-order valence-electron chi connectivity index (χ0n) is 12.2. The van der Waals surface area contributed by atoms with Gasteiger partial charge in [-0.25, -0.2) is 0 Å². The van der Waals surface area contributed by atoms with Crippen molar-refractivity contribution in [1.29, 1.82) is 0 Å². The van der Waals surface area contributed by atoms with Gasteiger partial charge < -0.3 is 15.0 Å². The second kappa shape index (κ2) is 7.51. The molecule has 0 saturated carbocycles. The van der Waals surface area contributed by atoms with Crippen molar-refractivity contribution in [3.05, 3.63) is 29.8 Å². The molecule has 3 heteroatoms. The van der Waals surface area contributed by atoms with Gasteiger partial charge in [0.1, 0.15) is 5.75 Å². The number of piperidine rings is 1. The predicted octanol–water partition coefficient (Wildman–Crippen LogP) is 2.31. The molecule has 1 N–H and O–H groups in total. The summed E-state index contributed by atoms with van der Waals surface area (Å²) in [5, 5.41) is 3.55. The monoisotopic (exact) mass is 262 g/mol. The summed E-state index contributed by atoms with van der Waals surface area (Å²) in [6.07, 6.45) is 3.68. The molecular weight excluding hydrogens is 236 g/mol. The van der Waals surface area contributed by atoms with Gasteiger partial charge in [0.2, 0.25) is 0 Å². The van der Waals surface area contributed by atoms with E-state index in [1.54, 1.807) is 7.11 Å². The van der Waals surface area contributed by atoms with E-state index in [0.29, 0.717) is 0 Å². The standard InChI is InChI=1S/C16H26N2O/c1-3-17-15-8-11-18(12-9-15)10-7-14-5-4-6-16(13-14)19-2/h4-6,13,15,17H,3,7-12H2,1-2H3. The maximum atomic E-state index is 5.27. The van der Waals surface area contributed by atoms with Crippen molar-refractivity contribution in [2.75, 3.05) is 33.3 Å². The van der Waals surface area contributed by atoms with Gasteiger partial charge in [0.05, 0.1) is 7.11 Å². The Hall–Kier alpha value is -1.06. The lowest BCUT2D eigenvalue weighted by Gasteiger charge is -2.32. The third-order valence-corrected chi connectivity index (χ3v) is 3.93. The molecule has 1 aromatic rings. The normalized spacial score (nSPS) is 17.6. The van der Waals surface area contributed by atoms with Crippen LogP contribution < -0.4 is 10.1 Å². The third kappa shape index (κ3) is 4.51. The number of ether oxygens (including phenoxy) is 1. The van der Waals surface area contributed by atoms with Crippen molar-refractivity contribution in [1.82, 2.24) is 10.2 Å². The lowest BCUT2D eigenvalue weighted by Crippen LogP contribution is -2.43. The van der Waals surface area contributed by atoms with Crippen LogP contribution in [0.2, 0.25) is 0 Å². The quantitative estimate of drug-likeness (QED) is 0.851. The average Bonchev–Trinajstić information content (AvgIpc) is 2.47. The fourth-order valence-corrected chi connectivity index (χ4v) is 2.76. The number of methoxy groups -OCH3 is 1. The van der Waals surface area contributed by atoms with Crippen LogP contribution in [0.5, 0.6) is 5.75 Å². The first-order valence-corrected chi connectivity index (χ1v) is 7.40. The molecule has 0 radical (unpaired) electrons. The highest BCUT2D eigenvalue weighted by atomic mass is 16.5. The molecule has 0 unspecified atom stereocenters. The fraction of sp³-hybridized carbons (Fsp3) is 0.625. The van der Waals surface area contributed by atoms with Crippen molar-refractivity contribution < 1.29 is 4.74 Å². The smallest absolute Gasteiger partial charge is 0.119 e. The summed E-state index contributed by atoms with van der Waals surface area (Å²) in [7, 11) is 1.73. The Morgan fingerprint density at radius 2 is 2.11 bits per heavy atom. The van der Waals surface area contributed by atoms with Crippen LogP contribution in [-0.4, -0.2) is 44.2 Å². The molecule has 0 bridgehead atoms. The average molecular weight is 262 g/mol. The van der Waals surface area contributed by atoms with Crippen molar-refractivity contribution in [3.8, 4) is 5.75 Å². The zero-order chi connectivity index (χ0) is 13.5. The number of likely N-dealkylation sites (tertiary alicyclic amines) is 1. The molecule has 0 atom stereocenters. The highest BCUT2D eigenvalue weighted by Crippen LogP contribution is 2.15. The van der Waals surface area contributed by atoms with Crippen LogP contribution in [0.15, 0.2) is 24.3 Å². The molecule has 2 rings (SSSR count). The molecule has 3 nitrogen and oxygen atoms in total. The molecule has 1 aliphatic rings. The number of hydrogen-bond acceptors (Lipinski definition) is 3. The van der Waals surface area contributed by atoms with E-state index in [0.717, 1.165) is 31.3 Å². The van der Waals surface area contributed by atoms with E-state index < -0.39 is 0 Å². The molecule has 0 aliphatic carbocycles. The molecule has 0 aromatic heterocycles. The molecular formula is C16H26N2O. The van der Waals surface area contributed by atoms with Gasteiger partial charge in [0.15, 0.2) is 0 Å². The van der Waals surface area contributed by atoms with Crippen LogP contribution in [0, 0.1) is 0 Å². The summed E-state index contributed by atoms with van der Waals surface area (Å²) in [4.78, 5) is 2.58. The van der Waals surface area contributed by atoms with Gasteiger partial charge >= 0.3 is 0 Å². The van der Waals surface area contributed by atoms with Gasteiger partial charge in [-0.3, -0.25) is 0 Å². The minimum Gasteiger partial charge on any atom is -0.497 e. The molecule has 1 fully saturated rings. The molecule has 1 aromatic carbocycles. The Bertz CT molecular complexity index is 373. The minimum absolute atomic E-state index is 0.734. The van der Waals surface area contributed by atoms with Crippen LogP contribution in [-0.2, 0) is 6.42 Å². The largest absolute Gasteiger partial charge is 0.497 e. The minimum atomic E-state index is 0.734. The van der Waals surface area contributed by atoms with Crippen molar-refractivity contribution in [3.63, 3.8) is 0 Å². The number of nitrogens with one attached hydrogen (secondary N) is 1. The van der Waals surface area contributed by atoms with E-state index in [9.17, 15) is 0 Å². The molecule has 1 aliphatic heterocycles. The summed E-state index contributed by atoms with van der Waals surface area (Å²) in [6, 6.07) is 9.15. The lowest BCUT2D eigenvalue weighted by molar-refractivity contribution is 0.201. The van der Waals surface area contributed by atoms with Crippen molar-refractivity contribution in [2.24, 2.45) is 0 Å². The van der Waals surface area contributed by atoms with Crippen LogP contribution in [0.25, 0.3) is 0 Å². The summed E-state index contributed by atoms with van der Waals surface area (Å²) >= 11 is 0. The van der Waals surface area contributed by atoms with Crippen molar-refractivity contribution >= 4 is 0 Å². The van der Waals surface area contributed by atoms with Gasteiger partial charge in [-0.15, -0.1) is 0 Å². The second-order valence-corrected chi connectivity index (χ2v) is 5.28. The van der Waals surface area contributed by atoms with Gasteiger partial charge in [-0.1, -0.05) is 19.1 Å². The van der Waals surface area contributed by atoms with E-state index >= 15 is 0 Å². The Morgan fingerprint density at radius 1 is 1.32 bits per heavy atom. The van der Waals surface area contributed by atoms with Crippen LogP contribution in [0.1, 0.15) is 25.3 Å². The second-order valence-electron chi connectivity index (χ2n) is 5.28. The molecule has 19 heavy (non-hydrogen) atoms. The van der Waals surface area contributed by atoms with Crippen LogP contribution >= 0.6 is 0 Å². The first kappa shape index (κ1) is 14.4. The SMILES string of the molecule is CCNC1CCN(CCc2cccc(OC)c2)CC1. The predicted molar refractivity (Wildman–Crippen MR) is 79.8 cm³/mol. The van der Waals surface area contributed by atoms with E-state index in [-0.39, 0.29) is 0 Å². The van der Waals surface area contributed by atoms with E-state index in [2.05, 4.69) is 35.3 Å². The molecule has 0 spiro atoms. The highest BCUT2D eigenvalue weighted by molar-refractivity contribution is 5.28. The van der Waals surface area contributed by atoms with Crippen LogP contribution in [0.3, 0.4) is 0 Å². The van der Waals surface area contributed by atoms with Gasteiger partial charge in [-0.05, 0) is 56.6 Å². The highest BCUT2D eigenvalue weighted by Gasteiger charge is 2.17. The topological polar surface area (TPSA) is 24.5 Å². The van der Waals surface area contributed by atoms with E-state index in [4.69, 9.17) is 4.74 Å². The Morgan fingerprint density at radius 3 is 2.79 bits per heavy atom. The van der Waals surface area contributed by atoms with Crippen LogP contribution in [0.4, 0.5) is 0 Å². The Balaban J connectivity index is 1.74. The maximum Gasteiger partial charge on any atom is 0.119 e. The summed E-state index contributed by atoms with van der Waals surface area (Å²) in [5.74, 6) is 0.961. The van der Waals surface area contributed by atoms with Crippen molar-refractivity contribution in [2.45, 2.75) is 32.2 Å². The maximum absolute atomic E-state index is 5.27. The third-order valence-electron chi connectivity index (χ3n) is 3.93. The molecule has 1 heterocycles. The molecule has 1 saturated heterocycles. The molecule has 0 amide bonds. The summed E-state index contributed by atoms with van der Waals surface area (Å²) in [5.41, 5.74) is 1.37. The van der Waals surface area contributed by atoms with Gasteiger partial charge in [0.25, 0.3) is 0 Å². The number of benzene rings is 1. The van der Waals surface area contributed by atoms with E-state index in [1.165, 1.54) is 31.5 Å². The lowest BCUT2D eigenvalue weighted by atomic mass is 10.0. The Labute approximate surface area is 116 Å². The van der Waals surface area contributed by atoms with E-state index in [1.807, 2.05) is 6.07 Å². The summed E-state index contributed by atoms with van der Waals surface area (Å²) in [6.45, 7) is 6.89. The Kier molecular flexibility index (Phi) is 5.67. The number of rotatable bonds is 6.